The number of benzene rings is 1. The molecule has 1 amide bonds. The Morgan fingerprint density at radius 1 is 1.21 bits per heavy atom. The minimum Gasteiger partial charge on any atom is -0.395 e. The van der Waals surface area contributed by atoms with Crippen LogP contribution in [0.25, 0.3) is 0 Å². The molecule has 1 fully saturated rings. The van der Waals surface area contributed by atoms with Gasteiger partial charge in [0, 0.05) is 31.9 Å². The predicted octanol–water partition coefficient (Wildman–Crippen LogP) is 2.62. The van der Waals surface area contributed by atoms with Gasteiger partial charge in [0.2, 0.25) is 5.95 Å². The van der Waals surface area contributed by atoms with Crippen LogP contribution in [0.1, 0.15) is 36.0 Å². The maximum atomic E-state index is 13.7. The van der Waals surface area contributed by atoms with Gasteiger partial charge in [-0.15, -0.1) is 12.4 Å². The molecule has 3 N–H and O–H groups in total. The van der Waals surface area contributed by atoms with Crippen molar-refractivity contribution in [3.05, 3.63) is 47.9 Å². The number of nitrogens with zero attached hydrogens (tertiary/aromatic N) is 3. The normalized spacial score (nSPS) is 18.4. The summed E-state index contributed by atoms with van der Waals surface area (Å²) in [5, 5.41) is 15.3. The fourth-order valence-electron chi connectivity index (χ4n) is 3.37. The summed E-state index contributed by atoms with van der Waals surface area (Å²) in [5.74, 6) is 0.439. The highest BCUT2D eigenvalue weighted by atomic mass is 35.5. The number of anilines is 2. The van der Waals surface area contributed by atoms with Gasteiger partial charge in [-0.1, -0.05) is 12.1 Å². The van der Waals surface area contributed by atoms with Gasteiger partial charge in [0.05, 0.1) is 12.2 Å². The zero-order chi connectivity index (χ0) is 19.9. The van der Waals surface area contributed by atoms with Gasteiger partial charge in [0.25, 0.3) is 5.91 Å². The van der Waals surface area contributed by atoms with E-state index in [2.05, 4.69) is 20.6 Å². The van der Waals surface area contributed by atoms with Crippen molar-refractivity contribution in [1.82, 2.24) is 15.3 Å². The second-order valence-corrected chi connectivity index (χ2v) is 7.03. The molecule has 1 aliphatic rings. The molecule has 9 heteroatoms. The topological polar surface area (TPSA) is 90.4 Å². The zero-order valence-corrected chi connectivity index (χ0v) is 17.2. The molecule has 3 rings (SSSR count). The molecule has 0 unspecified atom stereocenters. The van der Waals surface area contributed by atoms with Crippen molar-refractivity contribution >= 4 is 30.1 Å². The van der Waals surface area contributed by atoms with Gasteiger partial charge in [0.1, 0.15) is 11.6 Å². The number of rotatable bonds is 7. The standard InChI is InChI=1S/C20H26FN5O2.ClH/c1-26(12-13-27)18-10-11-22-20(25-18)24-15-8-6-14(7-9-15)23-19(28)16-4-2-3-5-17(16)21;/h2-5,10-11,14-15,27H,6-9,12-13H2,1H3,(H,23,28)(H,22,24,25);1H. The highest BCUT2D eigenvalue weighted by molar-refractivity contribution is 5.94. The van der Waals surface area contributed by atoms with Crippen molar-refractivity contribution in [3.8, 4) is 0 Å². The number of likely N-dealkylation sites (N-methyl/N-ethyl adjacent to an activating group) is 1. The van der Waals surface area contributed by atoms with E-state index in [0.717, 1.165) is 31.5 Å². The lowest BCUT2D eigenvalue weighted by atomic mass is 9.91. The smallest absolute Gasteiger partial charge is 0.254 e. The summed E-state index contributed by atoms with van der Waals surface area (Å²) in [6.45, 7) is 0.565. The van der Waals surface area contributed by atoms with E-state index < -0.39 is 5.82 Å². The van der Waals surface area contributed by atoms with Crippen LogP contribution in [0.15, 0.2) is 36.5 Å². The first kappa shape index (κ1) is 22.8. The fourth-order valence-corrected chi connectivity index (χ4v) is 3.37. The number of nitrogens with one attached hydrogen (secondary N) is 2. The van der Waals surface area contributed by atoms with Crippen LogP contribution in [0.4, 0.5) is 16.2 Å². The van der Waals surface area contributed by atoms with Gasteiger partial charge in [0.15, 0.2) is 0 Å². The summed E-state index contributed by atoms with van der Waals surface area (Å²) >= 11 is 0. The number of hydrogen-bond donors (Lipinski definition) is 3. The molecular formula is C20H27ClFN5O2. The summed E-state index contributed by atoms with van der Waals surface area (Å²) in [5.41, 5.74) is 0.0833. The predicted molar refractivity (Wildman–Crippen MR) is 113 cm³/mol. The third kappa shape index (κ3) is 6.27. The Balaban J connectivity index is 0.00000300. The molecule has 1 aliphatic carbocycles. The number of aliphatic hydroxyl groups excluding tert-OH is 1. The lowest BCUT2D eigenvalue weighted by molar-refractivity contribution is 0.0922. The van der Waals surface area contributed by atoms with Crippen LogP contribution >= 0.6 is 12.4 Å². The molecule has 158 valence electrons. The molecule has 1 saturated carbocycles. The second kappa shape index (κ2) is 10.9. The molecule has 29 heavy (non-hydrogen) atoms. The molecule has 7 nitrogen and oxygen atoms in total. The number of halogens is 2. The van der Waals surface area contributed by atoms with E-state index in [1.54, 1.807) is 24.4 Å². The average molecular weight is 424 g/mol. The van der Waals surface area contributed by atoms with Gasteiger partial charge in [-0.05, 0) is 43.9 Å². The van der Waals surface area contributed by atoms with Crippen molar-refractivity contribution in [2.45, 2.75) is 37.8 Å². The monoisotopic (exact) mass is 423 g/mol. The first-order valence-corrected chi connectivity index (χ1v) is 9.54. The van der Waals surface area contributed by atoms with E-state index >= 15 is 0 Å². The first-order chi connectivity index (χ1) is 13.6. The number of carbonyl (C=O) groups excluding carboxylic acids is 1. The fraction of sp³-hybridized carbons (Fsp3) is 0.450. The maximum Gasteiger partial charge on any atom is 0.254 e. The van der Waals surface area contributed by atoms with Crippen LogP contribution in [-0.2, 0) is 0 Å². The quantitative estimate of drug-likeness (QED) is 0.634. The summed E-state index contributed by atoms with van der Waals surface area (Å²) in [4.78, 5) is 22.9. The Bertz CT molecular complexity index is 802. The Morgan fingerprint density at radius 3 is 2.59 bits per heavy atom. The van der Waals surface area contributed by atoms with Gasteiger partial charge in [-0.2, -0.15) is 4.98 Å². The van der Waals surface area contributed by atoms with Crippen LogP contribution in [0, 0.1) is 5.82 Å². The highest BCUT2D eigenvalue weighted by Crippen LogP contribution is 2.22. The summed E-state index contributed by atoms with van der Waals surface area (Å²) in [6.07, 6.45) is 5.04. The number of aliphatic hydroxyl groups is 1. The summed E-state index contributed by atoms with van der Waals surface area (Å²) < 4.78 is 13.7. The third-order valence-electron chi connectivity index (χ3n) is 4.98. The molecule has 0 radical (unpaired) electrons. The summed E-state index contributed by atoms with van der Waals surface area (Å²) in [6, 6.07) is 8.08. The van der Waals surface area contributed by atoms with Gasteiger partial charge in [-0.3, -0.25) is 4.79 Å². The molecule has 1 aromatic carbocycles. The van der Waals surface area contributed by atoms with Crippen LogP contribution in [-0.4, -0.2) is 53.3 Å². The molecule has 0 atom stereocenters. The van der Waals surface area contributed by atoms with Crippen molar-refractivity contribution in [3.63, 3.8) is 0 Å². The number of amides is 1. The van der Waals surface area contributed by atoms with E-state index in [4.69, 9.17) is 5.11 Å². The minimum atomic E-state index is -0.501. The molecule has 0 saturated heterocycles. The number of carbonyl (C=O) groups is 1. The Labute approximate surface area is 176 Å². The number of hydrogen-bond acceptors (Lipinski definition) is 6. The van der Waals surface area contributed by atoms with E-state index in [1.165, 1.54) is 12.1 Å². The van der Waals surface area contributed by atoms with Crippen LogP contribution in [0.5, 0.6) is 0 Å². The highest BCUT2D eigenvalue weighted by Gasteiger charge is 2.24. The third-order valence-corrected chi connectivity index (χ3v) is 4.98. The van der Waals surface area contributed by atoms with E-state index in [0.29, 0.717) is 12.5 Å². The van der Waals surface area contributed by atoms with Crippen LogP contribution in [0.3, 0.4) is 0 Å². The molecule has 0 aliphatic heterocycles. The second-order valence-electron chi connectivity index (χ2n) is 7.03. The van der Waals surface area contributed by atoms with Gasteiger partial charge in [-0.25, -0.2) is 9.37 Å². The van der Waals surface area contributed by atoms with E-state index in [1.807, 2.05) is 11.9 Å². The van der Waals surface area contributed by atoms with Crippen LogP contribution < -0.4 is 15.5 Å². The lowest BCUT2D eigenvalue weighted by Gasteiger charge is -2.30. The largest absolute Gasteiger partial charge is 0.395 e. The Morgan fingerprint density at radius 2 is 1.90 bits per heavy atom. The van der Waals surface area contributed by atoms with E-state index in [9.17, 15) is 9.18 Å². The zero-order valence-electron chi connectivity index (χ0n) is 16.3. The van der Waals surface area contributed by atoms with Crippen molar-refractivity contribution in [2.75, 3.05) is 30.4 Å². The maximum absolute atomic E-state index is 13.7. The van der Waals surface area contributed by atoms with Gasteiger partial charge < -0.3 is 20.6 Å². The first-order valence-electron chi connectivity index (χ1n) is 9.54. The molecule has 1 heterocycles. The SMILES string of the molecule is CN(CCO)c1ccnc(NC2CCC(NC(=O)c3ccccc3F)CC2)n1.Cl. The molecule has 1 aromatic heterocycles. The Hall–Kier alpha value is -2.45. The minimum absolute atomic E-state index is 0. The Kier molecular flexibility index (Phi) is 8.60. The molecule has 0 bridgehead atoms. The van der Waals surface area contributed by atoms with E-state index in [-0.39, 0.29) is 42.6 Å². The van der Waals surface area contributed by atoms with Crippen molar-refractivity contribution in [2.24, 2.45) is 0 Å². The van der Waals surface area contributed by atoms with Crippen molar-refractivity contribution in [1.29, 1.82) is 0 Å². The van der Waals surface area contributed by atoms with Crippen molar-refractivity contribution < 1.29 is 14.3 Å². The average Bonchev–Trinajstić information content (AvgIpc) is 2.70. The lowest BCUT2D eigenvalue weighted by Crippen LogP contribution is -2.40. The molecular weight excluding hydrogens is 397 g/mol. The molecule has 0 spiro atoms. The van der Waals surface area contributed by atoms with Crippen LogP contribution in [0.2, 0.25) is 0 Å². The number of aromatic nitrogens is 2. The summed E-state index contributed by atoms with van der Waals surface area (Å²) in [7, 11) is 1.87. The molecule has 2 aromatic rings. The van der Waals surface area contributed by atoms with Gasteiger partial charge >= 0.3 is 0 Å².